The van der Waals surface area contributed by atoms with Crippen LogP contribution in [0.4, 0.5) is 0 Å². The summed E-state index contributed by atoms with van der Waals surface area (Å²) in [6, 6.07) is 17.8. The summed E-state index contributed by atoms with van der Waals surface area (Å²) < 4.78 is 50.4. The van der Waals surface area contributed by atoms with Crippen LogP contribution in [0.2, 0.25) is 0 Å². The average molecular weight is 825 g/mol. The first-order valence-corrected chi connectivity index (χ1v) is 22.3. The zero-order chi connectivity index (χ0) is 43.3. The Bertz CT molecular complexity index is 1610. The van der Waals surface area contributed by atoms with Crippen molar-refractivity contribution in [2.45, 2.75) is 128 Å². The van der Waals surface area contributed by atoms with Gasteiger partial charge in [0.15, 0.2) is 0 Å². The molecule has 0 fully saturated rings. The van der Waals surface area contributed by atoms with Gasteiger partial charge in [0.25, 0.3) is 0 Å². The Morgan fingerprint density at radius 3 is 0.533 bits per heavy atom. The molecule has 0 radical (unpaired) electrons. The number of hydrogen-bond acceptors (Lipinski definition) is 8. The zero-order valence-corrected chi connectivity index (χ0v) is 38.7. The Hall–Kier alpha value is -4.72. The summed E-state index contributed by atoms with van der Waals surface area (Å²) in [6.45, 7) is 9.00. The number of hydrogen-bond donors (Lipinski definition) is 0. The molecule has 328 valence electrons. The van der Waals surface area contributed by atoms with Crippen LogP contribution < -0.4 is 37.9 Å². The normalized spacial score (nSPS) is 17.1. The van der Waals surface area contributed by atoms with Crippen molar-refractivity contribution >= 4 is 0 Å². The van der Waals surface area contributed by atoms with Crippen molar-refractivity contribution in [2.24, 2.45) is 0 Å². The predicted molar refractivity (Wildman–Crippen MR) is 244 cm³/mol. The van der Waals surface area contributed by atoms with Crippen LogP contribution in [0.25, 0.3) is 0 Å². The van der Waals surface area contributed by atoms with Crippen LogP contribution in [0.5, 0.6) is 46.0 Å². The van der Waals surface area contributed by atoms with Gasteiger partial charge < -0.3 is 37.9 Å². The van der Waals surface area contributed by atoms with Crippen molar-refractivity contribution in [3.8, 4) is 46.0 Å². The van der Waals surface area contributed by atoms with Gasteiger partial charge in [0.2, 0.25) is 0 Å². The molecule has 8 nitrogen and oxygen atoms in total. The molecule has 8 heteroatoms. The maximum absolute atomic E-state index is 6.30. The van der Waals surface area contributed by atoms with Gasteiger partial charge in [0.1, 0.15) is 46.0 Å². The quantitative estimate of drug-likeness (QED) is 0.0872. The number of rotatable bonds is 20. The lowest BCUT2D eigenvalue weighted by Gasteiger charge is -2.31. The van der Waals surface area contributed by atoms with Gasteiger partial charge in [-0.3, -0.25) is 0 Å². The molecule has 5 rings (SSSR count). The van der Waals surface area contributed by atoms with E-state index in [-0.39, 0.29) is 23.7 Å². The van der Waals surface area contributed by atoms with Crippen molar-refractivity contribution < 1.29 is 37.9 Å². The first-order valence-electron chi connectivity index (χ1n) is 22.3. The highest BCUT2D eigenvalue weighted by atomic mass is 16.5. The van der Waals surface area contributed by atoms with Crippen molar-refractivity contribution in [1.29, 1.82) is 0 Å². The summed E-state index contributed by atoms with van der Waals surface area (Å²) in [4.78, 5) is 0. The second kappa shape index (κ2) is 22.2. The van der Waals surface area contributed by atoms with Crippen LogP contribution in [0, 0.1) is 0 Å². The number of methoxy groups -OCH3 is 8. The largest absolute Gasteiger partial charge is 0.496 e. The van der Waals surface area contributed by atoms with Crippen LogP contribution in [-0.4, -0.2) is 56.9 Å². The van der Waals surface area contributed by atoms with Gasteiger partial charge in [-0.05, 0) is 49.9 Å². The molecule has 0 aromatic heterocycles. The molecule has 0 spiro atoms. The molecule has 4 aromatic rings. The second-order valence-electron chi connectivity index (χ2n) is 16.1. The van der Waals surface area contributed by atoms with Crippen molar-refractivity contribution in [1.82, 2.24) is 0 Å². The summed E-state index contributed by atoms with van der Waals surface area (Å²) in [5.74, 6) is 6.08. The average Bonchev–Trinajstić information content (AvgIpc) is 3.28. The minimum atomic E-state index is -0.0595. The van der Waals surface area contributed by atoms with Gasteiger partial charge >= 0.3 is 0 Å². The molecule has 0 saturated carbocycles. The molecule has 0 aliphatic heterocycles. The molecule has 1 aliphatic carbocycles. The van der Waals surface area contributed by atoms with E-state index in [4.69, 9.17) is 37.9 Å². The monoisotopic (exact) mass is 825 g/mol. The lowest BCUT2D eigenvalue weighted by Crippen LogP contribution is -2.15. The number of fused-ring (bicyclic) bond motifs is 8. The molecule has 0 unspecified atom stereocenters. The van der Waals surface area contributed by atoms with Gasteiger partial charge in [0, 0.05) is 92.4 Å². The molecule has 1 aliphatic rings. The van der Waals surface area contributed by atoms with Crippen molar-refractivity contribution in [2.75, 3.05) is 56.9 Å². The fourth-order valence-electron chi connectivity index (χ4n) is 9.52. The molecular weight excluding hydrogens is 753 g/mol. The highest BCUT2D eigenvalue weighted by Crippen LogP contribution is 2.53. The van der Waals surface area contributed by atoms with Crippen LogP contribution in [0.1, 0.15) is 173 Å². The topological polar surface area (TPSA) is 73.8 Å². The van der Waals surface area contributed by atoms with Crippen molar-refractivity contribution in [3.63, 3.8) is 0 Å². The molecule has 8 bridgehead atoms. The summed E-state index contributed by atoms with van der Waals surface area (Å²) in [6.07, 6.45) is 11.8. The van der Waals surface area contributed by atoms with Gasteiger partial charge in [-0.25, -0.2) is 0 Å². The highest BCUT2D eigenvalue weighted by molar-refractivity contribution is 5.63. The standard InChI is InChI=1S/C52H72O8/c1-13-17-21-33-37-25-39(47(55-7)29-45(37)53-5)34(22-18-14-2)41-27-43(51(59-11)31-49(41)57-9)36(24-20-16-4)44-28-42(50(58-10)32-52(44)60-12)35(23-19-15-3)40-26-38(33)46(54-6)30-48(40)56-8/h25-36H,13-24H2,1-12H3. The van der Waals surface area contributed by atoms with Gasteiger partial charge in [0.05, 0.1) is 56.9 Å². The first kappa shape index (κ1) is 46.3. The fraction of sp³-hybridized carbons (Fsp3) is 0.538. The van der Waals surface area contributed by atoms with E-state index in [9.17, 15) is 0 Å². The Balaban J connectivity index is 2.08. The van der Waals surface area contributed by atoms with E-state index in [1.54, 1.807) is 56.9 Å². The maximum Gasteiger partial charge on any atom is 0.126 e. The van der Waals surface area contributed by atoms with Crippen molar-refractivity contribution in [3.05, 3.63) is 93.0 Å². The van der Waals surface area contributed by atoms with E-state index >= 15 is 0 Å². The smallest absolute Gasteiger partial charge is 0.126 e. The Kier molecular flexibility index (Phi) is 17.2. The van der Waals surface area contributed by atoms with Gasteiger partial charge in [-0.1, -0.05) is 79.1 Å². The lowest BCUT2D eigenvalue weighted by atomic mass is 9.76. The van der Waals surface area contributed by atoms with Crippen LogP contribution in [0.15, 0.2) is 48.5 Å². The third-order valence-corrected chi connectivity index (χ3v) is 12.7. The lowest BCUT2D eigenvalue weighted by molar-refractivity contribution is 0.372. The van der Waals surface area contributed by atoms with E-state index in [1.807, 2.05) is 0 Å². The Morgan fingerprint density at radius 1 is 0.267 bits per heavy atom. The van der Waals surface area contributed by atoms with E-state index < -0.39 is 0 Å². The van der Waals surface area contributed by atoms with Crippen LogP contribution in [-0.2, 0) is 0 Å². The Labute approximate surface area is 361 Å². The van der Waals surface area contributed by atoms with E-state index in [0.717, 1.165) is 168 Å². The minimum absolute atomic E-state index is 0.0595. The predicted octanol–water partition coefficient (Wildman–Crippen LogP) is 13.4. The van der Waals surface area contributed by atoms with E-state index in [1.165, 1.54) is 0 Å². The molecular formula is C52H72O8. The summed E-state index contributed by atoms with van der Waals surface area (Å²) in [5, 5.41) is 0. The van der Waals surface area contributed by atoms with E-state index in [2.05, 4.69) is 76.2 Å². The summed E-state index contributed by atoms with van der Waals surface area (Å²) >= 11 is 0. The maximum atomic E-state index is 6.30. The molecule has 0 saturated heterocycles. The molecule has 4 aromatic carbocycles. The number of benzene rings is 4. The van der Waals surface area contributed by atoms with E-state index in [0.29, 0.717) is 0 Å². The Morgan fingerprint density at radius 2 is 0.417 bits per heavy atom. The highest BCUT2D eigenvalue weighted by Gasteiger charge is 2.34. The first-order chi connectivity index (χ1) is 29.2. The number of ether oxygens (including phenoxy) is 8. The number of unbranched alkanes of at least 4 members (excludes halogenated alkanes) is 4. The van der Waals surface area contributed by atoms with Gasteiger partial charge in [-0.2, -0.15) is 0 Å². The zero-order valence-electron chi connectivity index (χ0n) is 38.7. The third kappa shape index (κ3) is 9.58. The molecule has 0 amide bonds. The van der Waals surface area contributed by atoms with Gasteiger partial charge in [-0.15, -0.1) is 0 Å². The fourth-order valence-corrected chi connectivity index (χ4v) is 9.52. The minimum Gasteiger partial charge on any atom is -0.496 e. The SMILES string of the molecule is CCCCC1c2cc(c(OC)cc2OC)C(CCCC)c2cc(c(OC)cc2OC)C(CCCC)c2cc(c(OC)cc2OC)C(CCCC)c2cc1c(OC)cc2OC. The second-order valence-corrected chi connectivity index (χ2v) is 16.1. The molecule has 60 heavy (non-hydrogen) atoms. The van der Waals surface area contributed by atoms with Crippen LogP contribution >= 0.6 is 0 Å². The summed E-state index contributed by atoms with van der Waals surface area (Å²) in [7, 11) is 14.1. The molecule has 0 heterocycles. The molecule has 0 N–H and O–H groups in total. The third-order valence-electron chi connectivity index (χ3n) is 12.7. The summed E-state index contributed by atoms with van der Waals surface area (Å²) in [5.41, 5.74) is 8.83. The van der Waals surface area contributed by atoms with Crippen LogP contribution in [0.3, 0.4) is 0 Å². The molecule has 0 atom stereocenters.